The van der Waals surface area contributed by atoms with Gasteiger partial charge in [-0.05, 0) is 32.3 Å². The van der Waals surface area contributed by atoms with Gasteiger partial charge in [0.05, 0.1) is 0 Å². The predicted molar refractivity (Wildman–Crippen MR) is 66.0 cm³/mol. The Bertz CT molecular complexity index is 340. The molecule has 2 N–H and O–H groups in total. The van der Waals surface area contributed by atoms with E-state index in [1.165, 1.54) is 0 Å². The van der Waals surface area contributed by atoms with E-state index in [0.29, 0.717) is 0 Å². The Hall–Kier alpha value is -0.510. The Balaban J connectivity index is 2.75. The third kappa shape index (κ3) is 3.51. The third-order valence-corrected chi connectivity index (χ3v) is 2.66. The lowest BCUT2D eigenvalue weighted by molar-refractivity contribution is 0.107. The minimum absolute atomic E-state index is 0.569. The number of halogens is 2. The van der Waals surface area contributed by atoms with Crippen LogP contribution < -0.4 is 0 Å². The summed E-state index contributed by atoms with van der Waals surface area (Å²) in [4.78, 5) is 0. The zero-order chi connectivity index (χ0) is 12.4. The van der Waals surface area contributed by atoms with Crippen LogP contribution in [0.2, 0.25) is 0 Å². The van der Waals surface area contributed by atoms with E-state index in [2.05, 4.69) is 0 Å². The first-order chi connectivity index (χ1) is 7.23. The van der Waals surface area contributed by atoms with Crippen LogP contribution in [0.4, 0.5) is 0 Å². The Morgan fingerprint density at radius 1 is 1.44 bits per heavy atom. The van der Waals surface area contributed by atoms with Crippen molar-refractivity contribution in [2.45, 2.75) is 36.8 Å². The average molecular weight is 264 g/mol. The molecule has 0 aromatic heterocycles. The Morgan fingerprint density at radius 2 is 2.06 bits per heavy atom. The van der Waals surface area contributed by atoms with Gasteiger partial charge in [0.2, 0.25) is 5.90 Å². The van der Waals surface area contributed by atoms with Crippen LogP contribution in [-0.2, 0) is 4.74 Å². The molecule has 0 amide bonds. The third-order valence-electron chi connectivity index (χ3n) is 2.32. The highest BCUT2D eigenvalue weighted by molar-refractivity contribution is 6.56. The number of hydrogen-bond donors (Lipinski definition) is 2. The molecule has 0 aromatic rings. The van der Waals surface area contributed by atoms with Crippen LogP contribution in [0.25, 0.3) is 0 Å². The van der Waals surface area contributed by atoms with Crippen LogP contribution in [0, 0.1) is 5.41 Å². The first-order valence-electron chi connectivity index (χ1n) is 4.99. The molecule has 1 rings (SSSR count). The van der Waals surface area contributed by atoms with Crippen LogP contribution >= 0.6 is 23.2 Å². The molecule has 0 saturated carbocycles. The molecular weight excluding hydrogens is 249 g/mol. The van der Waals surface area contributed by atoms with Crippen molar-refractivity contribution in [2.75, 3.05) is 0 Å². The molecule has 5 heteroatoms. The number of alkyl halides is 2. The Kier molecular flexibility index (Phi) is 4.05. The van der Waals surface area contributed by atoms with Crippen molar-refractivity contribution < 1.29 is 9.84 Å². The van der Waals surface area contributed by atoms with Gasteiger partial charge in [0.15, 0.2) is 0 Å². The molecule has 16 heavy (non-hydrogen) atoms. The summed E-state index contributed by atoms with van der Waals surface area (Å²) in [7, 11) is 0. The van der Waals surface area contributed by atoms with Crippen molar-refractivity contribution in [3.63, 3.8) is 0 Å². The summed E-state index contributed by atoms with van der Waals surface area (Å²) in [6.07, 6.45) is 7.97. The molecule has 0 heterocycles. The van der Waals surface area contributed by atoms with Crippen molar-refractivity contribution in [1.29, 1.82) is 5.41 Å². The lowest BCUT2D eigenvalue weighted by Crippen LogP contribution is -2.37. The summed E-state index contributed by atoms with van der Waals surface area (Å²) in [6, 6.07) is 0. The molecule has 0 unspecified atom stereocenters. The molecular formula is C11H15Cl2NO2. The summed E-state index contributed by atoms with van der Waals surface area (Å²) in [5.74, 6) is -0.569. The smallest absolute Gasteiger partial charge is 0.292 e. The minimum atomic E-state index is -2.28. The Morgan fingerprint density at radius 3 is 2.50 bits per heavy atom. The van der Waals surface area contributed by atoms with Gasteiger partial charge in [0.25, 0.3) is 4.52 Å². The molecule has 3 nitrogen and oxygen atoms in total. The monoisotopic (exact) mass is 263 g/mol. The SMILES string of the molecule is CC(C)(OC(=N)C(O)(Cl)Cl)C1=CCCC=C1. The number of allylic oxidation sites excluding steroid dienone is 2. The van der Waals surface area contributed by atoms with E-state index >= 15 is 0 Å². The second-order valence-electron chi connectivity index (χ2n) is 4.12. The van der Waals surface area contributed by atoms with Crippen molar-refractivity contribution in [3.05, 3.63) is 23.8 Å². The first-order valence-corrected chi connectivity index (χ1v) is 5.74. The summed E-state index contributed by atoms with van der Waals surface area (Å²) in [6.45, 7) is 3.59. The fourth-order valence-electron chi connectivity index (χ4n) is 1.44. The van der Waals surface area contributed by atoms with Crippen molar-refractivity contribution in [2.24, 2.45) is 0 Å². The van der Waals surface area contributed by atoms with Gasteiger partial charge in [-0.3, -0.25) is 5.41 Å². The number of hydrogen-bond acceptors (Lipinski definition) is 3. The molecule has 0 saturated heterocycles. The summed E-state index contributed by atoms with van der Waals surface area (Å²) in [5.41, 5.74) is 0.215. The van der Waals surface area contributed by atoms with Gasteiger partial charge in [-0.15, -0.1) is 0 Å². The predicted octanol–water partition coefficient (Wildman–Crippen LogP) is 3.16. The second kappa shape index (κ2) is 4.78. The topological polar surface area (TPSA) is 53.3 Å². The molecule has 0 spiro atoms. The minimum Gasteiger partial charge on any atom is -0.466 e. The fraction of sp³-hybridized carbons (Fsp3) is 0.545. The van der Waals surface area contributed by atoms with Crippen LogP contribution in [0.15, 0.2) is 23.8 Å². The summed E-state index contributed by atoms with van der Waals surface area (Å²) < 4.78 is 3.01. The lowest BCUT2D eigenvalue weighted by Gasteiger charge is -2.30. The van der Waals surface area contributed by atoms with Gasteiger partial charge in [0.1, 0.15) is 5.60 Å². The first kappa shape index (κ1) is 13.6. The Labute approximate surface area is 105 Å². The van der Waals surface area contributed by atoms with Gasteiger partial charge in [-0.1, -0.05) is 41.4 Å². The van der Waals surface area contributed by atoms with E-state index in [-0.39, 0.29) is 0 Å². The van der Waals surface area contributed by atoms with Gasteiger partial charge in [-0.25, -0.2) is 0 Å². The van der Waals surface area contributed by atoms with Gasteiger partial charge in [0, 0.05) is 0 Å². The zero-order valence-electron chi connectivity index (χ0n) is 9.26. The van der Waals surface area contributed by atoms with E-state index in [1.54, 1.807) is 13.8 Å². The highest BCUT2D eigenvalue weighted by atomic mass is 35.5. The van der Waals surface area contributed by atoms with E-state index in [1.807, 2.05) is 18.2 Å². The van der Waals surface area contributed by atoms with Crippen LogP contribution in [0.1, 0.15) is 26.7 Å². The van der Waals surface area contributed by atoms with Crippen LogP contribution in [0.5, 0.6) is 0 Å². The number of ether oxygens (including phenoxy) is 1. The summed E-state index contributed by atoms with van der Waals surface area (Å²) in [5, 5.41) is 16.6. The molecule has 0 aromatic carbocycles. The highest BCUT2D eigenvalue weighted by Gasteiger charge is 2.34. The molecule has 90 valence electrons. The molecule has 1 aliphatic carbocycles. The van der Waals surface area contributed by atoms with Crippen molar-refractivity contribution in [3.8, 4) is 0 Å². The fourth-order valence-corrected chi connectivity index (χ4v) is 1.51. The average Bonchev–Trinajstić information content (AvgIpc) is 2.17. The standard InChI is InChI=1S/C11H15Cl2NO2/c1-10(2,8-6-4-3-5-7-8)16-9(14)11(12,13)15/h4,6-7,14-15H,3,5H2,1-2H3. The quantitative estimate of drug-likeness (QED) is 0.467. The zero-order valence-corrected chi connectivity index (χ0v) is 10.8. The maximum Gasteiger partial charge on any atom is 0.292 e. The van der Waals surface area contributed by atoms with Gasteiger partial charge in [-0.2, -0.15) is 0 Å². The van der Waals surface area contributed by atoms with Gasteiger partial charge >= 0.3 is 0 Å². The molecule has 0 radical (unpaired) electrons. The highest BCUT2D eigenvalue weighted by Crippen LogP contribution is 2.29. The van der Waals surface area contributed by atoms with Crippen LogP contribution in [-0.4, -0.2) is 21.1 Å². The van der Waals surface area contributed by atoms with E-state index < -0.39 is 16.0 Å². The number of aliphatic hydroxyl groups is 1. The molecule has 0 aliphatic heterocycles. The van der Waals surface area contributed by atoms with Gasteiger partial charge < -0.3 is 9.84 Å². The number of nitrogens with one attached hydrogen (secondary N) is 1. The maximum atomic E-state index is 9.19. The largest absolute Gasteiger partial charge is 0.466 e. The molecule has 0 atom stereocenters. The number of rotatable bonds is 3. The molecule has 0 fully saturated rings. The van der Waals surface area contributed by atoms with Crippen molar-refractivity contribution in [1.82, 2.24) is 0 Å². The molecule has 0 bridgehead atoms. The van der Waals surface area contributed by atoms with Crippen LogP contribution in [0.3, 0.4) is 0 Å². The van der Waals surface area contributed by atoms with E-state index in [9.17, 15) is 5.11 Å². The lowest BCUT2D eigenvalue weighted by atomic mass is 9.93. The summed E-state index contributed by atoms with van der Waals surface area (Å²) >= 11 is 10.7. The molecule has 1 aliphatic rings. The normalized spacial score (nSPS) is 16.9. The van der Waals surface area contributed by atoms with Crippen molar-refractivity contribution >= 4 is 29.1 Å². The second-order valence-corrected chi connectivity index (χ2v) is 5.41. The van der Waals surface area contributed by atoms with E-state index in [0.717, 1.165) is 18.4 Å². The maximum absolute atomic E-state index is 9.19. The van der Waals surface area contributed by atoms with E-state index in [4.69, 9.17) is 33.3 Å².